The number of hydrogen-bond acceptors (Lipinski definition) is 3. The molecule has 0 radical (unpaired) electrons. The van der Waals surface area contributed by atoms with E-state index < -0.39 is 6.04 Å². The van der Waals surface area contributed by atoms with E-state index in [1.165, 1.54) is 0 Å². The molecule has 1 rings (SSSR count). The van der Waals surface area contributed by atoms with Crippen LogP contribution >= 0.6 is 12.6 Å². The van der Waals surface area contributed by atoms with E-state index in [1.807, 2.05) is 6.92 Å². The van der Waals surface area contributed by atoms with Gasteiger partial charge in [0.05, 0.1) is 0 Å². The smallest absolute Gasteiger partial charge is 0.251 e. The molecule has 1 atom stereocenters. The van der Waals surface area contributed by atoms with Gasteiger partial charge in [-0.1, -0.05) is 13.0 Å². The molecule has 0 saturated heterocycles. The van der Waals surface area contributed by atoms with Crippen LogP contribution in [0.3, 0.4) is 0 Å². The molecule has 1 aromatic rings. The van der Waals surface area contributed by atoms with Crippen molar-refractivity contribution in [3.8, 4) is 0 Å². The molecule has 0 saturated carbocycles. The Morgan fingerprint density at radius 1 is 1.39 bits per heavy atom. The Hall–Kier alpha value is -1.49. The van der Waals surface area contributed by atoms with Gasteiger partial charge in [0.1, 0.15) is 6.04 Å². The van der Waals surface area contributed by atoms with Crippen LogP contribution in [0.1, 0.15) is 30.6 Å². The van der Waals surface area contributed by atoms with Crippen LogP contribution in [0.25, 0.3) is 0 Å². The number of carbonyl (C=O) groups is 2. The molecule has 0 heterocycles. The third-order valence-electron chi connectivity index (χ3n) is 2.40. The van der Waals surface area contributed by atoms with E-state index in [1.54, 1.807) is 31.2 Å². The van der Waals surface area contributed by atoms with Crippen molar-refractivity contribution in [2.75, 3.05) is 6.54 Å². The Morgan fingerprint density at radius 2 is 2.11 bits per heavy atom. The van der Waals surface area contributed by atoms with E-state index in [0.717, 1.165) is 6.42 Å². The van der Waals surface area contributed by atoms with Gasteiger partial charge in [0, 0.05) is 17.0 Å². The summed E-state index contributed by atoms with van der Waals surface area (Å²) in [6.45, 7) is 4.25. The van der Waals surface area contributed by atoms with Gasteiger partial charge in [-0.15, -0.1) is 12.6 Å². The second-order valence-corrected chi connectivity index (χ2v) is 4.55. The van der Waals surface area contributed by atoms with E-state index in [4.69, 9.17) is 0 Å². The molecule has 0 bridgehead atoms. The Balaban J connectivity index is 2.56. The van der Waals surface area contributed by atoms with E-state index in [0.29, 0.717) is 17.0 Å². The Kier molecular flexibility index (Phi) is 5.71. The van der Waals surface area contributed by atoms with Crippen molar-refractivity contribution in [2.24, 2.45) is 0 Å². The molecule has 5 heteroatoms. The van der Waals surface area contributed by atoms with Crippen molar-refractivity contribution >= 4 is 24.4 Å². The van der Waals surface area contributed by atoms with Gasteiger partial charge < -0.3 is 10.6 Å². The molecular weight excluding hydrogens is 248 g/mol. The number of benzene rings is 1. The topological polar surface area (TPSA) is 58.2 Å². The lowest BCUT2D eigenvalue weighted by molar-refractivity contribution is -0.122. The lowest BCUT2D eigenvalue weighted by atomic mass is 10.2. The van der Waals surface area contributed by atoms with Gasteiger partial charge in [-0.05, 0) is 31.5 Å². The average Bonchev–Trinajstić information content (AvgIpc) is 2.35. The van der Waals surface area contributed by atoms with Crippen LogP contribution in [0.4, 0.5) is 0 Å². The minimum absolute atomic E-state index is 0.174. The van der Waals surface area contributed by atoms with Crippen LogP contribution in [-0.4, -0.2) is 24.4 Å². The van der Waals surface area contributed by atoms with Gasteiger partial charge in [-0.25, -0.2) is 0 Å². The summed E-state index contributed by atoms with van der Waals surface area (Å²) in [4.78, 5) is 24.2. The fraction of sp³-hybridized carbons (Fsp3) is 0.385. The molecule has 2 amide bonds. The lowest BCUT2D eigenvalue weighted by Gasteiger charge is -2.13. The molecule has 0 aromatic heterocycles. The van der Waals surface area contributed by atoms with Crippen LogP contribution in [0.5, 0.6) is 0 Å². The predicted molar refractivity (Wildman–Crippen MR) is 73.9 cm³/mol. The zero-order valence-electron chi connectivity index (χ0n) is 10.6. The molecule has 1 aromatic carbocycles. The molecule has 2 N–H and O–H groups in total. The van der Waals surface area contributed by atoms with Crippen molar-refractivity contribution < 1.29 is 9.59 Å². The maximum atomic E-state index is 11.9. The van der Waals surface area contributed by atoms with E-state index in [9.17, 15) is 9.59 Å². The van der Waals surface area contributed by atoms with Gasteiger partial charge in [0.2, 0.25) is 5.91 Å². The summed E-state index contributed by atoms with van der Waals surface area (Å²) in [6.07, 6.45) is 0.869. The summed E-state index contributed by atoms with van der Waals surface area (Å²) in [5.41, 5.74) is 0.498. The minimum Gasteiger partial charge on any atom is -0.354 e. The third-order valence-corrected chi connectivity index (χ3v) is 2.68. The lowest BCUT2D eigenvalue weighted by Crippen LogP contribution is -2.45. The van der Waals surface area contributed by atoms with Gasteiger partial charge in [-0.3, -0.25) is 9.59 Å². The summed E-state index contributed by atoms with van der Waals surface area (Å²) in [6, 6.07) is 6.34. The molecule has 4 nitrogen and oxygen atoms in total. The maximum Gasteiger partial charge on any atom is 0.251 e. The molecule has 0 aliphatic carbocycles. The van der Waals surface area contributed by atoms with Gasteiger partial charge in [0.25, 0.3) is 5.91 Å². The minimum atomic E-state index is -0.548. The van der Waals surface area contributed by atoms with Crippen molar-refractivity contribution in [3.05, 3.63) is 29.8 Å². The first-order valence-corrected chi connectivity index (χ1v) is 6.37. The van der Waals surface area contributed by atoms with E-state index in [2.05, 4.69) is 23.3 Å². The first-order chi connectivity index (χ1) is 8.54. The Morgan fingerprint density at radius 3 is 2.72 bits per heavy atom. The predicted octanol–water partition coefficient (Wildman–Crippen LogP) is 1.62. The van der Waals surface area contributed by atoms with Gasteiger partial charge in [-0.2, -0.15) is 0 Å². The zero-order chi connectivity index (χ0) is 13.5. The largest absolute Gasteiger partial charge is 0.354 e. The van der Waals surface area contributed by atoms with Crippen molar-refractivity contribution in [3.63, 3.8) is 0 Å². The number of nitrogens with one attached hydrogen (secondary N) is 2. The molecule has 18 heavy (non-hydrogen) atoms. The van der Waals surface area contributed by atoms with Gasteiger partial charge >= 0.3 is 0 Å². The molecular formula is C13H18N2O2S. The number of hydrogen-bond donors (Lipinski definition) is 3. The Labute approximate surface area is 113 Å². The molecule has 0 fully saturated rings. The molecule has 0 spiro atoms. The van der Waals surface area contributed by atoms with E-state index >= 15 is 0 Å². The number of rotatable bonds is 5. The standard InChI is InChI=1S/C13H18N2O2S/c1-3-7-14-12(16)9(2)15-13(17)10-5-4-6-11(18)8-10/h4-6,8-9,18H,3,7H2,1-2H3,(H,14,16)(H,15,17). The summed E-state index contributed by atoms with van der Waals surface area (Å²) in [7, 11) is 0. The van der Waals surface area contributed by atoms with Crippen LogP contribution in [0.2, 0.25) is 0 Å². The monoisotopic (exact) mass is 266 g/mol. The fourth-order valence-corrected chi connectivity index (χ4v) is 1.62. The molecule has 1 unspecified atom stereocenters. The van der Waals surface area contributed by atoms with Crippen LogP contribution in [-0.2, 0) is 4.79 Å². The molecule has 0 aliphatic heterocycles. The van der Waals surface area contributed by atoms with Crippen molar-refractivity contribution in [2.45, 2.75) is 31.2 Å². The highest BCUT2D eigenvalue weighted by Crippen LogP contribution is 2.08. The molecule has 98 valence electrons. The first kappa shape index (κ1) is 14.6. The number of thiol groups is 1. The first-order valence-electron chi connectivity index (χ1n) is 5.92. The SMILES string of the molecule is CCCNC(=O)C(C)NC(=O)c1cccc(S)c1. The average molecular weight is 266 g/mol. The highest BCUT2D eigenvalue weighted by Gasteiger charge is 2.15. The van der Waals surface area contributed by atoms with E-state index in [-0.39, 0.29) is 11.8 Å². The number of carbonyl (C=O) groups excluding carboxylic acids is 2. The summed E-state index contributed by atoms with van der Waals surface area (Å²) in [5.74, 6) is -0.447. The van der Waals surface area contributed by atoms with Crippen molar-refractivity contribution in [1.29, 1.82) is 0 Å². The molecule has 0 aliphatic rings. The maximum absolute atomic E-state index is 11.9. The summed E-state index contributed by atoms with van der Waals surface area (Å²) >= 11 is 4.17. The fourth-order valence-electron chi connectivity index (χ4n) is 1.39. The van der Waals surface area contributed by atoms with Crippen LogP contribution in [0, 0.1) is 0 Å². The van der Waals surface area contributed by atoms with Crippen molar-refractivity contribution in [1.82, 2.24) is 10.6 Å². The second kappa shape index (κ2) is 7.06. The quantitative estimate of drug-likeness (QED) is 0.709. The Bertz CT molecular complexity index is 435. The normalized spacial score (nSPS) is 11.7. The highest BCUT2D eigenvalue weighted by atomic mass is 32.1. The highest BCUT2D eigenvalue weighted by molar-refractivity contribution is 7.80. The van der Waals surface area contributed by atoms with Gasteiger partial charge in [0.15, 0.2) is 0 Å². The third kappa shape index (κ3) is 4.41. The zero-order valence-corrected chi connectivity index (χ0v) is 11.5. The number of amides is 2. The summed E-state index contributed by atoms with van der Waals surface area (Å²) in [5, 5.41) is 5.38. The van der Waals surface area contributed by atoms with Crippen LogP contribution in [0.15, 0.2) is 29.2 Å². The summed E-state index contributed by atoms with van der Waals surface area (Å²) < 4.78 is 0. The van der Waals surface area contributed by atoms with Crippen LogP contribution < -0.4 is 10.6 Å². The second-order valence-electron chi connectivity index (χ2n) is 4.04.